The molecule has 9 N–H and O–H groups in total. The van der Waals surface area contributed by atoms with Crippen LogP contribution < -0.4 is 5.32 Å². The topological polar surface area (TPSA) is 209 Å². The molecule has 0 saturated carbocycles. The Morgan fingerprint density at radius 1 is 0.727 bits per heavy atom. The van der Waals surface area contributed by atoms with Crippen molar-refractivity contribution in [3.63, 3.8) is 0 Å². The number of unbranched alkanes of at least 4 members (excludes halogenated alkanes) is 18. The molecule has 0 bridgehead atoms. The number of carbonyl (C=O) groups is 1. The number of ether oxygens (including phenoxy) is 2. The highest BCUT2D eigenvalue weighted by atomic mass is 16.7. The summed E-state index contributed by atoms with van der Waals surface area (Å²) in [6.07, 6.45) is 19.3. The number of carbonyl (C=O) groups excluding carboxylic acids is 1. The van der Waals surface area contributed by atoms with Gasteiger partial charge < -0.3 is 55.6 Å². The number of nitrogens with one attached hydrogen (secondary N) is 1. The number of hydrogen-bond donors (Lipinski definition) is 9. The van der Waals surface area contributed by atoms with Gasteiger partial charge >= 0.3 is 0 Å². The second kappa shape index (κ2) is 31.5. The molecule has 1 fully saturated rings. The predicted molar refractivity (Wildman–Crippen MR) is 216 cm³/mol. The summed E-state index contributed by atoms with van der Waals surface area (Å²) < 4.78 is 11.0. The van der Waals surface area contributed by atoms with Gasteiger partial charge in [0.05, 0.1) is 31.5 Å². The molecule has 324 valence electrons. The summed E-state index contributed by atoms with van der Waals surface area (Å²) in [5.41, 5.74) is -1.42. The van der Waals surface area contributed by atoms with Gasteiger partial charge in [-0.05, 0) is 39.0 Å². The number of amides is 1. The van der Waals surface area contributed by atoms with Gasteiger partial charge in [0.1, 0.15) is 36.1 Å². The first-order valence-corrected chi connectivity index (χ1v) is 21.7. The lowest BCUT2D eigenvalue weighted by atomic mass is 9.94. The van der Waals surface area contributed by atoms with Gasteiger partial charge in [-0.3, -0.25) is 4.79 Å². The van der Waals surface area contributed by atoms with E-state index in [2.05, 4.69) is 19.2 Å². The monoisotopic (exact) mass is 788 g/mol. The van der Waals surface area contributed by atoms with E-state index in [-0.39, 0.29) is 12.8 Å². The van der Waals surface area contributed by atoms with Crippen molar-refractivity contribution in [2.45, 2.75) is 229 Å². The van der Waals surface area contributed by atoms with Crippen LogP contribution in [-0.2, 0) is 14.3 Å². The van der Waals surface area contributed by atoms with Crippen LogP contribution in [-0.4, -0.2) is 121 Å². The maximum Gasteiger partial charge on any atom is 0.249 e. The first kappa shape index (κ1) is 51.6. The van der Waals surface area contributed by atoms with Gasteiger partial charge in [0.2, 0.25) is 5.91 Å². The molecule has 2 unspecified atom stereocenters. The highest BCUT2D eigenvalue weighted by Gasteiger charge is 2.44. The van der Waals surface area contributed by atoms with E-state index in [0.717, 1.165) is 38.5 Å². The van der Waals surface area contributed by atoms with E-state index < -0.39 is 79.8 Å². The largest absolute Gasteiger partial charge is 0.394 e. The van der Waals surface area contributed by atoms with Gasteiger partial charge in [0, 0.05) is 0 Å². The molecule has 0 spiro atoms. The molecule has 12 heteroatoms. The Morgan fingerprint density at radius 2 is 1.25 bits per heavy atom. The third kappa shape index (κ3) is 22.9. The molecule has 1 amide bonds. The van der Waals surface area contributed by atoms with Crippen LogP contribution in [0.5, 0.6) is 0 Å². The molecule has 12 nitrogen and oxygen atoms in total. The van der Waals surface area contributed by atoms with Gasteiger partial charge in [-0.1, -0.05) is 154 Å². The first-order valence-electron chi connectivity index (χ1n) is 21.7. The zero-order valence-corrected chi connectivity index (χ0v) is 34.5. The molecule has 0 aliphatic carbocycles. The molecule has 1 heterocycles. The lowest BCUT2D eigenvalue weighted by Crippen LogP contribution is -2.60. The lowest BCUT2D eigenvalue weighted by molar-refractivity contribution is -0.302. The first-order chi connectivity index (χ1) is 26.4. The summed E-state index contributed by atoms with van der Waals surface area (Å²) in [6.45, 7) is 4.90. The minimum Gasteiger partial charge on any atom is -0.394 e. The van der Waals surface area contributed by atoms with E-state index in [0.29, 0.717) is 12.8 Å². The summed E-state index contributed by atoms with van der Waals surface area (Å²) >= 11 is 0. The Bertz CT molecular complexity index is 994. The van der Waals surface area contributed by atoms with E-state index >= 15 is 0 Å². The van der Waals surface area contributed by atoms with Crippen LogP contribution in [0.3, 0.4) is 0 Å². The normalized spacial score (nSPS) is 23.9. The van der Waals surface area contributed by atoms with E-state index in [4.69, 9.17) is 9.47 Å². The van der Waals surface area contributed by atoms with Crippen LogP contribution in [0, 0.1) is 0 Å². The maximum atomic E-state index is 13.0. The van der Waals surface area contributed by atoms with Crippen molar-refractivity contribution in [1.82, 2.24) is 5.32 Å². The Hall–Kier alpha value is -1.45. The molecule has 0 radical (unpaired) electrons. The fraction of sp³-hybridized carbons (Fsp3) is 0.884. The molecule has 10 atom stereocenters. The zero-order chi connectivity index (χ0) is 40.9. The second-order valence-electron chi connectivity index (χ2n) is 15.9. The minimum atomic E-state index is -1.67. The fourth-order valence-corrected chi connectivity index (χ4v) is 6.79. The molecular weight excluding hydrogens is 706 g/mol. The Balaban J connectivity index is 2.63. The SMILES string of the molecule is CCCCCCC/C=C/C(C)(O)C(O)CC/C=C/[C@@H](O)[C@H](CO[C@@H]1O[C@H](CO)[C@@H](O)[C@H](O)[C@H]1O)NC(=O)[C@H](O)CCCCCCCCCCCCCCCC. The predicted octanol–water partition coefficient (Wildman–Crippen LogP) is 5.25. The molecule has 1 aliphatic heterocycles. The quantitative estimate of drug-likeness (QED) is 0.0304. The van der Waals surface area contributed by atoms with Crippen molar-refractivity contribution in [3.8, 4) is 0 Å². The number of hydrogen-bond acceptors (Lipinski definition) is 11. The van der Waals surface area contributed by atoms with Crippen LogP contribution >= 0.6 is 0 Å². The van der Waals surface area contributed by atoms with Crippen LogP contribution in [0.1, 0.15) is 168 Å². The third-order valence-corrected chi connectivity index (χ3v) is 10.7. The van der Waals surface area contributed by atoms with Crippen LogP contribution in [0.4, 0.5) is 0 Å². The van der Waals surface area contributed by atoms with E-state index in [1.807, 2.05) is 6.08 Å². The van der Waals surface area contributed by atoms with Gasteiger partial charge in [-0.25, -0.2) is 0 Å². The van der Waals surface area contributed by atoms with E-state index in [1.54, 1.807) is 19.1 Å². The Labute approximate surface area is 332 Å². The van der Waals surface area contributed by atoms with Gasteiger partial charge in [0.15, 0.2) is 6.29 Å². The van der Waals surface area contributed by atoms with Gasteiger partial charge in [0.25, 0.3) is 0 Å². The highest BCUT2D eigenvalue weighted by molar-refractivity contribution is 5.80. The van der Waals surface area contributed by atoms with Gasteiger partial charge in [-0.2, -0.15) is 0 Å². The highest BCUT2D eigenvalue weighted by Crippen LogP contribution is 2.23. The molecule has 1 rings (SSSR count). The summed E-state index contributed by atoms with van der Waals surface area (Å²) in [4.78, 5) is 13.0. The standard InChI is InChI=1S/C43H81NO11/c1-4-6-8-10-12-13-14-15-16-17-18-19-21-23-28-35(47)41(52)44-33(32-54-42-40(51)39(50)38(49)36(31-45)55-42)34(46)27-24-25-29-37(48)43(3,53)30-26-22-20-11-9-7-5-2/h24,26-27,30,33-40,42,45-51,53H,4-23,25,28-29,31-32H2,1-3H3,(H,44,52)/b27-24+,30-26+/t33-,34+,35+,36+,37?,38+,39-,40+,42+,43?/m0/s1. The molecule has 0 aromatic carbocycles. The molecule has 0 aromatic rings. The van der Waals surface area contributed by atoms with Gasteiger partial charge in [-0.15, -0.1) is 0 Å². The van der Waals surface area contributed by atoms with Crippen LogP contribution in [0.2, 0.25) is 0 Å². The summed E-state index contributed by atoms with van der Waals surface area (Å²) in [6, 6.07) is -1.12. The van der Waals surface area contributed by atoms with Crippen molar-refractivity contribution < 1.29 is 55.1 Å². The Morgan fingerprint density at radius 3 is 1.80 bits per heavy atom. The summed E-state index contributed by atoms with van der Waals surface area (Å²) in [5, 5.41) is 85.9. The molecule has 1 saturated heterocycles. The average molecular weight is 788 g/mol. The minimum absolute atomic E-state index is 0.202. The average Bonchev–Trinajstić information content (AvgIpc) is 3.17. The number of allylic oxidation sites excluding steroid dienone is 2. The van der Waals surface area contributed by atoms with Crippen LogP contribution in [0.15, 0.2) is 24.3 Å². The second-order valence-corrected chi connectivity index (χ2v) is 15.9. The lowest BCUT2D eigenvalue weighted by Gasteiger charge is -2.40. The number of rotatable bonds is 34. The molecule has 1 aliphatic rings. The van der Waals surface area contributed by atoms with E-state index in [9.17, 15) is 45.6 Å². The fourth-order valence-electron chi connectivity index (χ4n) is 6.79. The Kier molecular flexibility index (Phi) is 29.6. The third-order valence-electron chi connectivity index (χ3n) is 10.7. The van der Waals surface area contributed by atoms with E-state index in [1.165, 1.54) is 89.5 Å². The van der Waals surface area contributed by atoms with Crippen molar-refractivity contribution in [3.05, 3.63) is 24.3 Å². The smallest absolute Gasteiger partial charge is 0.249 e. The number of aliphatic hydroxyl groups excluding tert-OH is 7. The van der Waals surface area contributed by atoms with Crippen LogP contribution in [0.25, 0.3) is 0 Å². The van der Waals surface area contributed by atoms with Crippen molar-refractivity contribution >= 4 is 5.91 Å². The van der Waals surface area contributed by atoms with Crippen molar-refractivity contribution in [2.24, 2.45) is 0 Å². The molecule has 55 heavy (non-hydrogen) atoms. The summed E-state index contributed by atoms with van der Waals surface area (Å²) in [7, 11) is 0. The van der Waals surface area contributed by atoms with Crippen molar-refractivity contribution in [2.75, 3.05) is 13.2 Å². The molecule has 0 aromatic heterocycles. The zero-order valence-electron chi connectivity index (χ0n) is 34.5. The maximum absolute atomic E-state index is 13.0. The van der Waals surface area contributed by atoms with Crippen molar-refractivity contribution in [1.29, 1.82) is 0 Å². The number of aliphatic hydroxyl groups is 8. The summed E-state index contributed by atoms with van der Waals surface area (Å²) in [5.74, 6) is -0.701. The molecular formula is C43H81NO11.